The van der Waals surface area contributed by atoms with Crippen molar-refractivity contribution in [2.24, 2.45) is 0 Å². The van der Waals surface area contributed by atoms with Gasteiger partial charge >= 0.3 is 0 Å². The van der Waals surface area contributed by atoms with E-state index in [9.17, 15) is 14.9 Å². The van der Waals surface area contributed by atoms with E-state index in [1.807, 2.05) is 12.1 Å². The van der Waals surface area contributed by atoms with E-state index >= 15 is 0 Å². The third-order valence-corrected chi connectivity index (χ3v) is 3.47. The molecule has 0 unspecified atom stereocenters. The van der Waals surface area contributed by atoms with E-state index in [1.165, 1.54) is 12.1 Å². The van der Waals surface area contributed by atoms with Crippen LogP contribution in [0.2, 0.25) is 0 Å². The van der Waals surface area contributed by atoms with Crippen LogP contribution < -0.4 is 0 Å². The molecule has 0 aliphatic heterocycles. The summed E-state index contributed by atoms with van der Waals surface area (Å²) in [6.07, 6.45) is 0. The lowest BCUT2D eigenvalue weighted by Gasteiger charge is -1.99. The maximum Gasteiger partial charge on any atom is 0.270 e. The van der Waals surface area contributed by atoms with Crippen LogP contribution in [0.3, 0.4) is 0 Å². The lowest BCUT2D eigenvalue weighted by Crippen LogP contribution is -1.96. The van der Waals surface area contributed by atoms with Gasteiger partial charge in [-0.25, -0.2) is 0 Å². The summed E-state index contributed by atoms with van der Waals surface area (Å²) in [6.45, 7) is 0. The van der Waals surface area contributed by atoms with Crippen LogP contribution in [0.15, 0.2) is 40.9 Å². The molecule has 0 atom stereocenters. The maximum atomic E-state index is 12.2. The van der Waals surface area contributed by atoms with Crippen molar-refractivity contribution in [2.75, 3.05) is 0 Å². The van der Waals surface area contributed by atoms with Gasteiger partial charge in [-0.15, -0.1) is 0 Å². The van der Waals surface area contributed by atoms with Crippen molar-refractivity contribution < 1.29 is 9.72 Å². The summed E-state index contributed by atoms with van der Waals surface area (Å²) in [5, 5.41) is 10.7. The lowest BCUT2D eigenvalue weighted by molar-refractivity contribution is -0.384. The zero-order valence-corrected chi connectivity index (χ0v) is 10.6. The second kappa shape index (κ2) is 3.74. The summed E-state index contributed by atoms with van der Waals surface area (Å²) >= 11 is 3.31. The van der Waals surface area contributed by atoms with E-state index < -0.39 is 4.92 Å². The predicted molar refractivity (Wildman–Crippen MR) is 69.7 cm³/mol. The van der Waals surface area contributed by atoms with Crippen LogP contribution in [0.25, 0.3) is 11.1 Å². The first kappa shape index (κ1) is 11.1. The average molecular weight is 304 g/mol. The Morgan fingerprint density at radius 2 is 1.56 bits per heavy atom. The van der Waals surface area contributed by atoms with Gasteiger partial charge < -0.3 is 0 Å². The fraction of sp³-hybridized carbons (Fsp3) is 0. The smallest absolute Gasteiger partial charge is 0.270 e. The number of carbonyl (C=O) groups excluding carboxylic acids is 1. The minimum Gasteiger partial charge on any atom is -0.289 e. The van der Waals surface area contributed by atoms with Gasteiger partial charge in [-0.1, -0.05) is 22.0 Å². The fourth-order valence-electron chi connectivity index (χ4n) is 2.15. The van der Waals surface area contributed by atoms with Crippen molar-refractivity contribution >= 4 is 27.4 Å². The number of fused-ring (bicyclic) bond motifs is 3. The summed E-state index contributed by atoms with van der Waals surface area (Å²) in [7, 11) is 0. The number of hydrogen-bond acceptors (Lipinski definition) is 3. The fourth-order valence-corrected chi connectivity index (χ4v) is 2.51. The van der Waals surface area contributed by atoms with Crippen LogP contribution in [0.1, 0.15) is 15.9 Å². The first-order valence-electron chi connectivity index (χ1n) is 5.21. The van der Waals surface area contributed by atoms with E-state index in [2.05, 4.69) is 15.9 Å². The van der Waals surface area contributed by atoms with E-state index in [1.54, 1.807) is 12.1 Å². The Morgan fingerprint density at radius 1 is 0.944 bits per heavy atom. The minimum atomic E-state index is -0.494. The molecule has 0 radical (unpaired) electrons. The number of carbonyl (C=O) groups is 1. The number of nitro groups is 1. The first-order chi connectivity index (χ1) is 8.58. The van der Waals surface area contributed by atoms with Crippen LogP contribution >= 0.6 is 15.9 Å². The Kier molecular flexibility index (Phi) is 2.31. The largest absolute Gasteiger partial charge is 0.289 e. The number of rotatable bonds is 1. The zero-order chi connectivity index (χ0) is 12.9. The Balaban J connectivity index is 2.26. The standard InChI is InChI=1S/C13H6BrNO3/c14-7-1-3-9-10-4-2-8(15(17)18)6-12(10)13(16)11(9)5-7/h1-6H. The molecule has 2 aromatic carbocycles. The van der Waals surface area contributed by atoms with Gasteiger partial charge in [0, 0.05) is 27.7 Å². The third kappa shape index (κ3) is 1.48. The van der Waals surface area contributed by atoms with Crippen LogP contribution in [-0.4, -0.2) is 10.7 Å². The molecule has 0 saturated heterocycles. The van der Waals surface area contributed by atoms with E-state index in [4.69, 9.17) is 0 Å². The molecule has 18 heavy (non-hydrogen) atoms. The number of non-ortho nitro benzene ring substituents is 1. The van der Waals surface area contributed by atoms with E-state index in [-0.39, 0.29) is 11.5 Å². The molecule has 4 nitrogen and oxygen atoms in total. The molecule has 1 aliphatic rings. The summed E-state index contributed by atoms with van der Waals surface area (Å²) in [5.41, 5.74) is 2.51. The topological polar surface area (TPSA) is 60.2 Å². The van der Waals surface area contributed by atoms with Crippen LogP contribution in [0, 0.1) is 10.1 Å². The molecule has 1 aliphatic carbocycles. The number of benzene rings is 2. The van der Waals surface area contributed by atoms with Gasteiger partial charge in [0.05, 0.1) is 4.92 Å². The van der Waals surface area contributed by atoms with Gasteiger partial charge in [-0.3, -0.25) is 14.9 Å². The molecule has 5 heteroatoms. The quantitative estimate of drug-likeness (QED) is 0.510. The second-order valence-corrected chi connectivity index (χ2v) is 4.92. The van der Waals surface area contributed by atoms with Crippen molar-refractivity contribution in [3.8, 4) is 11.1 Å². The van der Waals surface area contributed by atoms with Gasteiger partial charge in [-0.05, 0) is 29.3 Å². The third-order valence-electron chi connectivity index (χ3n) is 2.98. The highest BCUT2D eigenvalue weighted by Crippen LogP contribution is 2.39. The molecule has 0 amide bonds. The Morgan fingerprint density at radius 3 is 2.22 bits per heavy atom. The van der Waals surface area contributed by atoms with Crippen molar-refractivity contribution in [1.82, 2.24) is 0 Å². The second-order valence-electron chi connectivity index (χ2n) is 4.01. The van der Waals surface area contributed by atoms with Crippen LogP contribution in [0.5, 0.6) is 0 Å². The van der Waals surface area contributed by atoms with Crippen molar-refractivity contribution in [3.05, 3.63) is 62.1 Å². The molecule has 88 valence electrons. The van der Waals surface area contributed by atoms with E-state index in [0.717, 1.165) is 15.6 Å². The zero-order valence-electron chi connectivity index (χ0n) is 9.01. The molecule has 0 N–H and O–H groups in total. The maximum absolute atomic E-state index is 12.2. The molecule has 3 rings (SSSR count). The minimum absolute atomic E-state index is 0.0611. The molecule has 0 spiro atoms. The summed E-state index contributed by atoms with van der Waals surface area (Å²) in [6, 6.07) is 9.82. The first-order valence-corrected chi connectivity index (χ1v) is 6.00. The molecular weight excluding hydrogens is 298 g/mol. The monoisotopic (exact) mass is 303 g/mol. The van der Waals surface area contributed by atoms with Crippen molar-refractivity contribution in [1.29, 1.82) is 0 Å². The Hall–Kier alpha value is -2.01. The number of nitrogens with zero attached hydrogens (tertiary/aromatic N) is 1. The van der Waals surface area contributed by atoms with Gasteiger partial charge in [0.2, 0.25) is 0 Å². The molecule has 0 bridgehead atoms. The molecular formula is C13H6BrNO3. The normalized spacial score (nSPS) is 12.2. The molecule has 2 aromatic rings. The highest BCUT2D eigenvalue weighted by molar-refractivity contribution is 9.10. The molecule has 0 heterocycles. The van der Waals surface area contributed by atoms with Crippen LogP contribution in [-0.2, 0) is 0 Å². The lowest BCUT2D eigenvalue weighted by atomic mass is 10.1. The number of ketones is 1. The van der Waals surface area contributed by atoms with Crippen LogP contribution in [0.4, 0.5) is 5.69 Å². The van der Waals surface area contributed by atoms with Gasteiger partial charge in [0.15, 0.2) is 5.78 Å². The summed E-state index contributed by atoms with van der Waals surface area (Å²) in [5.74, 6) is -0.162. The summed E-state index contributed by atoms with van der Waals surface area (Å²) in [4.78, 5) is 22.4. The highest BCUT2D eigenvalue weighted by Gasteiger charge is 2.28. The Labute approximate surface area is 111 Å². The SMILES string of the molecule is O=C1c2cc(Br)ccc2-c2ccc([N+](=O)[O-])cc21. The van der Waals surface area contributed by atoms with Gasteiger partial charge in [0.25, 0.3) is 5.69 Å². The molecule has 0 saturated carbocycles. The number of halogens is 1. The van der Waals surface area contributed by atoms with Crippen molar-refractivity contribution in [2.45, 2.75) is 0 Å². The highest BCUT2D eigenvalue weighted by atomic mass is 79.9. The van der Waals surface area contributed by atoms with Gasteiger partial charge in [-0.2, -0.15) is 0 Å². The van der Waals surface area contributed by atoms with Gasteiger partial charge in [0.1, 0.15) is 0 Å². The average Bonchev–Trinajstić information content (AvgIpc) is 2.62. The number of nitro benzene ring substituents is 1. The summed E-state index contributed by atoms with van der Waals surface area (Å²) < 4.78 is 0.817. The number of hydrogen-bond donors (Lipinski definition) is 0. The van der Waals surface area contributed by atoms with E-state index in [0.29, 0.717) is 11.1 Å². The van der Waals surface area contributed by atoms with Crippen molar-refractivity contribution in [3.63, 3.8) is 0 Å². The Bertz CT molecular complexity index is 709. The molecule has 0 fully saturated rings. The predicted octanol–water partition coefficient (Wildman–Crippen LogP) is 3.57. The molecule has 0 aromatic heterocycles.